The van der Waals surface area contributed by atoms with Crippen LogP contribution in [0.4, 0.5) is 5.69 Å². The summed E-state index contributed by atoms with van der Waals surface area (Å²) in [5.41, 5.74) is 3.42. The maximum atomic E-state index is 13.6. The summed E-state index contributed by atoms with van der Waals surface area (Å²) in [7, 11) is -3.91. The van der Waals surface area contributed by atoms with Gasteiger partial charge >= 0.3 is 0 Å². The standard InChI is InChI=1S/C34H41ClN2O5S/c1-21-5-4-7-30(38)28-17-26-18-34(26,28)20-37-14-3-2-6-23-15-27(35)12-10-25(23)19-42-31-13-11-24(16-29(31)37)33(39)36-43(40,41)32(21)22-8-9-22/h4,7,10-13,15-16,21-22,26,28,30,32,38H,2-3,5-6,8-9,14,17-20H2,1H3,(H,36,39)/b7-4+/t21-,26?,28-,30-,32-,34?/m0/s1. The van der Waals surface area contributed by atoms with E-state index < -0.39 is 27.3 Å². The number of allylic oxidation sites excluding steroid dienone is 1. The van der Waals surface area contributed by atoms with Crippen molar-refractivity contribution in [1.29, 1.82) is 0 Å². The second-order valence-electron chi connectivity index (χ2n) is 13.6. The topological polar surface area (TPSA) is 95.9 Å². The summed E-state index contributed by atoms with van der Waals surface area (Å²) in [5, 5.41) is 11.4. The van der Waals surface area contributed by atoms with E-state index in [9.17, 15) is 18.3 Å². The predicted octanol–water partition coefficient (Wildman–Crippen LogP) is 5.88. The molecule has 2 N–H and O–H groups in total. The van der Waals surface area contributed by atoms with Crippen molar-refractivity contribution < 1.29 is 23.1 Å². The van der Waals surface area contributed by atoms with E-state index in [0.29, 0.717) is 35.3 Å². The van der Waals surface area contributed by atoms with Crippen LogP contribution in [-0.2, 0) is 23.1 Å². The fourth-order valence-corrected chi connectivity index (χ4v) is 10.4. The van der Waals surface area contributed by atoms with Gasteiger partial charge in [0.25, 0.3) is 5.91 Å². The fraction of sp³-hybridized carbons (Fsp3) is 0.559. The minimum Gasteiger partial charge on any atom is -0.487 e. The number of carbonyl (C=O) groups excluding carboxylic acids is 1. The van der Waals surface area contributed by atoms with Crippen LogP contribution in [0.3, 0.4) is 0 Å². The summed E-state index contributed by atoms with van der Waals surface area (Å²) in [6.45, 7) is 3.85. The van der Waals surface area contributed by atoms with Crippen LogP contribution in [0, 0.1) is 29.1 Å². The smallest absolute Gasteiger partial charge is 0.264 e. The number of nitrogens with one attached hydrogen (secondary N) is 1. The Morgan fingerprint density at radius 2 is 1.95 bits per heavy atom. The molecule has 0 aromatic heterocycles. The zero-order valence-corrected chi connectivity index (χ0v) is 26.2. The number of nitrogens with zero attached hydrogens (tertiary/aromatic N) is 1. The van der Waals surface area contributed by atoms with Gasteiger partial charge in [0.2, 0.25) is 10.0 Å². The SMILES string of the molecule is C[C@H]1C/C=C/[C@H](O)[C@@H]2CC3CC32CN2CCCCc3cc(Cl)ccc3COc3ccc(cc32)C(=O)NS(=O)(=O)[C@@H]1C1CC1. The van der Waals surface area contributed by atoms with Crippen LogP contribution >= 0.6 is 11.6 Å². The number of aliphatic hydroxyl groups excluding tert-OH is 1. The average molecular weight is 625 g/mol. The molecule has 0 saturated heterocycles. The highest BCUT2D eigenvalue weighted by atomic mass is 35.5. The Morgan fingerprint density at radius 3 is 2.72 bits per heavy atom. The number of sulfonamides is 1. The molecule has 230 valence electrons. The molecule has 6 atom stereocenters. The van der Waals surface area contributed by atoms with E-state index in [4.69, 9.17) is 16.3 Å². The van der Waals surface area contributed by atoms with Crippen molar-refractivity contribution in [2.75, 3.05) is 18.0 Å². The zero-order valence-electron chi connectivity index (χ0n) is 24.7. The summed E-state index contributed by atoms with van der Waals surface area (Å²) in [6.07, 6.45) is 10.5. The third-order valence-electron chi connectivity index (χ3n) is 10.8. The number of hydrogen-bond acceptors (Lipinski definition) is 6. The lowest BCUT2D eigenvalue weighted by atomic mass is 9.69. The van der Waals surface area contributed by atoms with E-state index in [1.807, 2.05) is 37.3 Å². The van der Waals surface area contributed by atoms with Crippen LogP contribution in [0.2, 0.25) is 5.02 Å². The Bertz CT molecular complexity index is 1560. The van der Waals surface area contributed by atoms with Gasteiger partial charge < -0.3 is 14.7 Å². The number of aliphatic hydroxyl groups is 1. The average Bonchev–Trinajstić information content (AvgIpc) is 3.87. The molecule has 9 heteroatoms. The fourth-order valence-electron chi connectivity index (χ4n) is 8.16. The highest BCUT2D eigenvalue weighted by Gasteiger charge is 2.69. The number of ether oxygens (including phenoxy) is 1. The van der Waals surface area contributed by atoms with Crippen LogP contribution in [0.5, 0.6) is 5.75 Å². The summed E-state index contributed by atoms with van der Waals surface area (Å²) in [6, 6.07) is 11.2. The van der Waals surface area contributed by atoms with Crippen molar-refractivity contribution in [3.05, 3.63) is 70.3 Å². The van der Waals surface area contributed by atoms with Crippen LogP contribution < -0.4 is 14.4 Å². The van der Waals surface area contributed by atoms with Crippen molar-refractivity contribution in [3.63, 3.8) is 0 Å². The molecule has 1 spiro atoms. The highest BCUT2D eigenvalue weighted by Crippen LogP contribution is 2.72. The number of benzene rings is 2. The van der Waals surface area contributed by atoms with Crippen molar-refractivity contribution in [3.8, 4) is 5.75 Å². The second-order valence-corrected chi connectivity index (χ2v) is 15.9. The van der Waals surface area contributed by atoms with Crippen molar-refractivity contribution in [2.45, 2.75) is 76.3 Å². The molecule has 2 unspecified atom stereocenters. The predicted molar refractivity (Wildman–Crippen MR) is 168 cm³/mol. The minimum absolute atomic E-state index is 0.0402. The van der Waals surface area contributed by atoms with Crippen molar-refractivity contribution in [2.24, 2.45) is 29.1 Å². The largest absolute Gasteiger partial charge is 0.487 e. The molecular weight excluding hydrogens is 584 g/mol. The molecule has 0 radical (unpaired) electrons. The molecule has 2 aliphatic heterocycles. The summed E-state index contributed by atoms with van der Waals surface area (Å²) >= 11 is 6.33. The monoisotopic (exact) mass is 624 g/mol. The number of anilines is 1. The van der Waals surface area contributed by atoms with Crippen molar-refractivity contribution >= 4 is 33.2 Å². The number of carbonyl (C=O) groups is 1. The van der Waals surface area contributed by atoms with E-state index in [1.54, 1.807) is 18.2 Å². The number of fused-ring (bicyclic) bond motifs is 2. The number of amides is 1. The quantitative estimate of drug-likeness (QED) is 0.385. The first-order valence-corrected chi connectivity index (χ1v) is 17.8. The Morgan fingerprint density at radius 1 is 1.12 bits per heavy atom. The van der Waals surface area contributed by atoms with Gasteiger partial charge in [-0.05, 0) is 122 Å². The molecule has 3 saturated carbocycles. The van der Waals surface area contributed by atoms with Crippen LogP contribution in [0.15, 0.2) is 48.6 Å². The lowest BCUT2D eigenvalue weighted by Crippen LogP contribution is -2.45. The lowest BCUT2D eigenvalue weighted by Gasteiger charge is -2.43. The Hall–Kier alpha value is -2.55. The number of hydrogen-bond donors (Lipinski definition) is 2. The highest BCUT2D eigenvalue weighted by molar-refractivity contribution is 7.90. The number of aryl methyl sites for hydroxylation is 1. The normalized spacial score (nSPS) is 34.5. The molecule has 2 bridgehead atoms. The van der Waals surface area contributed by atoms with Crippen LogP contribution in [0.25, 0.3) is 0 Å². The maximum absolute atomic E-state index is 13.6. The van der Waals surface area contributed by atoms with Gasteiger partial charge in [0.05, 0.1) is 17.0 Å². The Labute approximate surface area is 259 Å². The molecule has 2 heterocycles. The molecule has 43 heavy (non-hydrogen) atoms. The van der Waals surface area contributed by atoms with Gasteiger partial charge in [0.1, 0.15) is 12.4 Å². The first kappa shape index (κ1) is 29.2. The summed E-state index contributed by atoms with van der Waals surface area (Å²) in [5.74, 6) is 0.708. The first-order chi connectivity index (χ1) is 20.6. The minimum atomic E-state index is -3.91. The summed E-state index contributed by atoms with van der Waals surface area (Å²) < 4.78 is 36.1. The van der Waals surface area contributed by atoms with E-state index >= 15 is 0 Å². The zero-order chi connectivity index (χ0) is 29.9. The third-order valence-corrected chi connectivity index (χ3v) is 13.0. The van der Waals surface area contributed by atoms with Gasteiger partial charge in [-0.3, -0.25) is 4.79 Å². The van der Waals surface area contributed by atoms with E-state index in [-0.39, 0.29) is 23.2 Å². The van der Waals surface area contributed by atoms with E-state index in [2.05, 4.69) is 9.62 Å². The Balaban J connectivity index is 1.28. The van der Waals surface area contributed by atoms with E-state index in [0.717, 1.165) is 69.3 Å². The second kappa shape index (κ2) is 11.1. The third kappa shape index (κ3) is 5.59. The molecule has 7 rings (SSSR count). The van der Waals surface area contributed by atoms with Crippen molar-refractivity contribution in [1.82, 2.24) is 4.72 Å². The van der Waals surface area contributed by atoms with Gasteiger partial charge in [-0.25, -0.2) is 13.1 Å². The molecule has 2 aromatic carbocycles. The van der Waals surface area contributed by atoms with Gasteiger partial charge in [0.15, 0.2) is 0 Å². The number of halogens is 1. The summed E-state index contributed by atoms with van der Waals surface area (Å²) in [4.78, 5) is 15.9. The first-order valence-electron chi connectivity index (χ1n) is 15.8. The number of rotatable bonds is 1. The van der Waals surface area contributed by atoms with Crippen LogP contribution in [0.1, 0.15) is 73.4 Å². The van der Waals surface area contributed by atoms with E-state index in [1.165, 1.54) is 5.56 Å². The molecule has 3 fully saturated rings. The molecule has 1 amide bonds. The van der Waals surface area contributed by atoms with Gasteiger partial charge in [0, 0.05) is 23.7 Å². The van der Waals surface area contributed by atoms with Gasteiger partial charge in [-0.1, -0.05) is 36.7 Å². The molecule has 3 aliphatic carbocycles. The molecule has 2 aromatic rings. The van der Waals surface area contributed by atoms with Crippen LogP contribution in [-0.4, -0.2) is 43.9 Å². The molecular formula is C34H41ClN2O5S. The maximum Gasteiger partial charge on any atom is 0.264 e. The molecule has 7 nitrogen and oxygen atoms in total. The van der Waals surface area contributed by atoms with Gasteiger partial charge in [-0.15, -0.1) is 0 Å². The lowest BCUT2D eigenvalue weighted by molar-refractivity contribution is 0.0357. The Kier molecular flexibility index (Phi) is 7.54. The van der Waals surface area contributed by atoms with Gasteiger partial charge in [-0.2, -0.15) is 0 Å². The molecule has 5 aliphatic rings.